The maximum absolute atomic E-state index is 5.71. The van der Waals surface area contributed by atoms with Crippen LogP contribution in [0.5, 0.6) is 0 Å². The molecule has 7 heteroatoms. The van der Waals surface area contributed by atoms with Gasteiger partial charge in [0.25, 0.3) is 0 Å². The van der Waals surface area contributed by atoms with E-state index in [9.17, 15) is 0 Å². The molecule has 0 aliphatic carbocycles. The van der Waals surface area contributed by atoms with Crippen molar-refractivity contribution in [2.75, 3.05) is 66.1 Å². The van der Waals surface area contributed by atoms with Crippen molar-refractivity contribution in [2.45, 2.75) is 45.4 Å². The van der Waals surface area contributed by atoms with Crippen molar-refractivity contribution in [3.05, 3.63) is 35.4 Å². The van der Waals surface area contributed by atoms with E-state index in [1.807, 2.05) is 7.05 Å². The number of guanidine groups is 1. The van der Waals surface area contributed by atoms with Gasteiger partial charge in [-0.15, -0.1) is 0 Å². The smallest absolute Gasteiger partial charge is 0.191 e. The molecule has 31 heavy (non-hydrogen) atoms. The highest BCUT2D eigenvalue weighted by atomic mass is 16.5. The lowest BCUT2D eigenvalue weighted by Crippen LogP contribution is -2.45. The van der Waals surface area contributed by atoms with Crippen molar-refractivity contribution in [3.8, 4) is 0 Å². The summed E-state index contributed by atoms with van der Waals surface area (Å²) in [4.78, 5) is 9.38. The molecule has 2 N–H and O–H groups in total. The Morgan fingerprint density at radius 3 is 2.52 bits per heavy atom. The van der Waals surface area contributed by atoms with E-state index in [1.165, 1.54) is 37.3 Å². The molecule has 0 radical (unpaired) electrons. The lowest BCUT2D eigenvalue weighted by atomic mass is 10.1. The number of ether oxygens (including phenoxy) is 2. The van der Waals surface area contributed by atoms with Crippen molar-refractivity contribution in [3.63, 3.8) is 0 Å². The molecule has 0 bridgehead atoms. The van der Waals surface area contributed by atoms with Crippen LogP contribution in [0.2, 0.25) is 0 Å². The minimum absolute atomic E-state index is 0.306. The summed E-state index contributed by atoms with van der Waals surface area (Å²) in [5, 5.41) is 6.75. The third-order valence-electron chi connectivity index (χ3n) is 6.11. The van der Waals surface area contributed by atoms with Crippen molar-refractivity contribution in [1.29, 1.82) is 0 Å². The van der Waals surface area contributed by atoms with E-state index in [4.69, 9.17) is 9.47 Å². The maximum atomic E-state index is 5.71. The minimum Gasteiger partial charge on any atom is -0.379 e. The highest BCUT2D eigenvalue weighted by molar-refractivity contribution is 5.79. The zero-order valence-electron chi connectivity index (χ0n) is 19.4. The number of piperazine rings is 1. The van der Waals surface area contributed by atoms with Crippen LogP contribution in [0, 0.1) is 0 Å². The summed E-state index contributed by atoms with van der Waals surface area (Å²) < 4.78 is 11.3. The molecular weight excluding hydrogens is 390 g/mol. The Morgan fingerprint density at radius 2 is 1.84 bits per heavy atom. The first-order valence-corrected chi connectivity index (χ1v) is 11.9. The van der Waals surface area contributed by atoms with Gasteiger partial charge in [-0.25, -0.2) is 0 Å². The first kappa shape index (κ1) is 24.0. The van der Waals surface area contributed by atoms with Crippen LogP contribution in [0.15, 0.2) is 29.3 Å². The molecule has 7 nitrogen and oxygen atoms in total. The van der Waals surface area contributed by atoms with Gasteiger partial charge in [0.1, 0.15) is 0 Å². The zero-order chi connectivity index (χ0) is 21.7. The Balaban J connectivity index is 1.27. The maximum Gasteiger partial charge on any atom is 0.191 e. The quantitative estimate of drug-likeness (QED) is 0.318. The zero-order valence-corrected chi connectivity index (χ0v) is 19.4. The molecule has 1 atom stereocenters. The normalized spacial score (nSPS) is 20.8. The largest absolute Gasteiger partial charge is 0.379 e. The number of hydrogen-bond acceptors (Lipinski definition) is 5. The number of nitrogens with zero attached hydrogens (tertiary/aromatic N) is 3. The molecule has 0 amide bonds. The van der Waals surface area contributed by atoms with Crippen LogP contribution in [0.3, 0.4) is 0 Å². The van der Waals surface area contributed by atoms with Gasteiger partial charge < -0.3 is 25.0 Å². The standard InChI is InChI=1S/C24H41N5O2/c1-3-28-12-14-29(15-13-28)19-22-9-7-21(8-10-22)18-27-24(25-2)26-11-5-16-30-20-23-6-4-17-31-23/h7-10,23H,3-6,11-20H2,1-2H3,(H2,25,26,27). The van der Waals surface area contributed by atoms with Gasteiger partial charge in [-0.2, -0.15) is 0 Å². The van der Waals surface area contributed by atoms with E-state index in [-0.39, 0.29) is 0 Å². The number of rotatable bonds is 11. The van der Waals surface area contributed by atoms with E-state index in [0.717, 1.165) is 71.2 Å². The number of hydrogen-bond donors (Lipinski definition) is 2. The lowest BCUT2D eigenvalue weighted by molar-refractivity contribution is 0.0168. The molecule has 2 heterocycles. The van der Waals surface area contributed by atoms with Gasteiger partial charge in [-0.05, 0) is 36.9 Å². The molecule has 3 rings (SSSR count). The molecule has 174 valence electrons. The van der Waals surface area contributed by atoms with Gasteiger partial charge in [0, 0.05) is 66.1 Å². The number of nitrogens with one attached hydrogen (secondary N) is 2. The van der Waals surface area contributed by atoms with Crippen LogP contribution >= 0.6 is 0 Å². The fourth-order valence-corrected chi connectivity index (χ4v) is 4.06. The summed E-state index contributed by atoms with van der Waals surface area (Å²) in [6.45, 7) is 13.1. The van der Waals surface area contributed by atoms with Gasteiger partial charge >= 0.3 is 0 Å². The van der Waals surface area contributed by atoms with E-state index in [2.05, 4.69) is 56.6 Å². The SMILES string of the molecule is CCN1CCN(Cc2ccc(CNC(=NC)NCCCOCC3CCCO3)cc2)CC1. The number of benzene rings is 1. The summed E-state index contributed by atoms with van der Waals surface area (Å²) >= 11 is 0. The van der Waals surface area contributed by atoms with E-state index in [0.29, 0.717) is 6.10 Å². The average Bonchev–Trinajstić information content (AvgIpc) is 3.33. The highest BCUT2D eigenvalue weighted by Gasteiger charge is 2.16. The van der Waals surface area contributed by atoms with Crippen LogP contribution < -0.4 is 10.6 Å². The third-order valence-corrected chi connectivity index (χ3v) is 6.11. The van der Waals surface area contributed by atoms with Crippen molar-refractivity contribution < 1.29 is 9.47 Å². The van der Waals surface area contributed by atoms with Gasteiger partial charge in [-0.1, -0.05) is 31.2 Å². The number of aliphatic imine (C=N–C) groups is 1. The Bertz CT molecular complexity index is 638. The molecule has 2 saturated heterocycles. The Hall–Kier alpha value is -1.67. The van der Waals surface area contributed by atoms with Gasteiger partial charge in [-0.3, -0.25) is 9.89 Å². The molecule has 0 aromatic heterocycles. The average molecular weight is 432 g/mol. The molecule has 1 unspecified atom stereocenters. The van der Waals surface area contributed by atoms with Gasteiger partial charge in [0.2, 0.25) is 0 Å². The fourth-order valence-electron chi connectivity index (χ4n) is 4.06. The Morgan fingerprint density at radius 1 is 1.10 bits per heavy atom. The van der Waals surface area contributed by atoms with Crippen LogP contribution in [-0.4, -0.2) is 88.0 Å². The van der Waals surface area contributed by atoms with Crippen molar-refractivity contribution in [2.24, 2.45) is 4.99 Å². The molecule has 0 saturated carbocycles. The Kier molecular flexibility index (Phi) is 10.6. The van der Waals surface area contributed by atoms with E-state index in [1.54, 1.807) is 0 Å². The van der Waals surface area contributed by atoms with E-state index >= 15 is 0 Å². The summed E-state index contributed by atoms with van der Waals surface area (Å²) in [5.74, 6) is 0.831. The lowest BCUT2D eigenvalue weighted by Gasteiger charge is -2.34. The first-order valence-electron chi connectivity index (χ1n) is 11.9. The third kappa shape index (κ3) is 8.77. The van der Waals surface area contributed by atoms with Gasteiger partial charge in [0.15, 0.2) is 5.96 Å². The predicted octanol–water partition coefficient (Wildman–Crippen LogP) is 2.07. The van der Waals surface area contributed by atoms with Crippen LogP contribution in [0.25, 0.3) is 0 Å². The van der Waals surface area contributed by atoms with Crippen LogP contribution in [0.4, 0.5) is 0 Å². The van der Waals surface area contributed by atoms with Crippen molar-refractivity contribution in [1.82, 2.24) is 20.4 Å². The molecule has 2 fully saturated rings. The topological polar surface area (TPSA) is 61.4 Å². The fraction of sp³-hybridized carbons (Fsp3) is 0.708. The summed E-state index contributed by atoms with van der Waals surface area (Å²) in [6.07, 6.45) is 3.55. The molecule has 2 aliphatic heterocycles. The summed E-state index contributed by atoms with van der Waals surface area (Å²) in [5.41, 5.74) is 2.65. The second-order valence-electron chi connectivity index (χ2n) is 8.44. The molecule has 2 aliphatic rings. The highest BCUT2D eigenvalue weighted by Crippen LogP contribution is 2.12. The van der Waals surface area contributed by atoms with E-state index < -0.39 is 0 Å². The second kappa shape index (κ2) is 13.7. The predicted molar refractivity (Wildman–Crippen MR) is 126 cm³/mol. The van der Waals surface area contributed by atoms with Crippen molar-refractivity contribution >= 4 is 5.96 Å². The molecular formula is C24H41N5O2. The second-order valence-corrected chi connectivity index (χ2v) is 8.44. The number of likely N-dealkylation sites (N-methyl/N-ethyl adjacent to an activating group) is 1. The van der Waals surface area contributed by atoms with Crippen LogP contribution in [0.1, 0.15) is 37.3 Å². The van der Waals surface area contributed by atoms with Crippen LogP contribution in [-0.2, 0) is 22.6 Å². The molecule has 0 spiro atoms. The molecule has 1 aromatic rings. The summed E-state index contributed by atoms with van der Waals surface area (Å²) in [7, 11) is 1.81. The monoisotopic (exact) mass is 431 g/mol. The van der Waals surface area contributed by atoms with Gasteiger partial charge in [0.05, 0.1) is 12.7 Å². The first-order chi connectivity index (χ1) is 15.3. The molecule has 1 aromatic carbocycles. The Labute approximate surface area is 188 Å². The minimum atomic E-state index is 0.306. The summed E-state index contributed by atoms with van der Waals surface area (Å²) in [6, 6.07) is 8.95.